The van der Waals surface area contributed by atoms with Crippen molar-refractivity contribution >= 4 is 48.8 Å². The molecule has 1 atom stereocenters. The van der Waals surface area contributed by atoms with Crippen LogP contribution >= 0.6 is 0 Å². The van der Waals surface area contributed by atoms with Gasteiger partial charge in [-0.1, -0.05) is 24.3 Å². The average molecular weight is 556 g/mol. The van der Waals surface area contributed by atoms with Crippen LogP contribution in [-0.4, -0.2) is 45.6 Å². The molecule has 1 unspecified atom stereocenters. The SMILES string of the molecule is CCN(c1ccccc1)S(=O)(=O)c1cc(N=NC2C(=O)N(c3ccc(S(=O)(=O)O)cc3)N=C2C)ccc1C. The Labute approximate surface area is 220 Å². The Hall–Kier alpha value is -3.94. The van der Waals surface area contributed by atoms with Crippen molar-refractivity contribution in [2.24, 2.45) is 15.3 Å². The lowest BCUT2D eigenvalue weighted by molar-refractivity contribution is -0.117. The van der Waals surface area contributed by atoms with Crippen molar-refractivity contribution in [2.45, 2.75) is 36.6 Å². The molecule has 3 aromatic carbocycles. The minimum absolute atomic E-state index is 0.0725. The molecule has 0 radical (unpaired) electrons. The predicted molar refractivity (Wildman–Crippen MR) is 143 cm³/mol. The lowest BCUT2D eigenvalue weighted by Gasteiger charge is -2.24. The molecule has 1 aliphatic rings. The van der Waals surface area contributed by atoms with E-state index in [9.17, 15) is 21.6 Å². The van der Waals surface area contributed by atoms with E-state index in [2.05, 4.69) is 15.3 Å². The minimum Gasteiger partial charge on any atom is -0.282 e. The van der Waals surface area contributed by atoms with Crippen molar-refractivity contribution in [3.8, 4) is 0 Å². The van der Waals surface area contributed by atoms with E-state index in [4.69, 9.17) is 4.55 Å². The van der Waals surface area contributed by atoms with Crippen LogP contribution in [0.2, 0.25) is 0 Å². The average Bonchev–Trinajstić information content (AvgIpc) is 3.16. The molecule has 0 aliphatic carbocycles. The summed E-state index contributed by atoms with van der Waals surface area (Å²) in [5.74, 6) is -0.521. The Bertz CT molecular complexity index is 1640. The molecule has 1 heterocycles. The van der Waals surface area contributed by atoms with Gasteiger partial charge in [0.2, 0.25) is 0 Å². The summed E-state index contributed by atoms with van der Waals surface area (Å²) in [6.07, 6.45) is 0. The van der Waals surface area contributed by atoms with Crippen LogP contribution in [0.25, 0.3) is 0 Å². The monoisotopic (exact) mass is 555 g/mol. The molecular weight excluding hydrogens is 530 g/mol. The maximum absolute atomic E-state index is 13.5. The summed E-state index contributed by atoms with van der Waals surface area (Å²) < 4.78 is 60.0. The zero-order valence-corrected chi connectivity index (χ0v) is 22.4. The Balaban J connectivity index is 1.59. The standard InChI is InChI=1S/C25H25N5O6S2/c1-4-29(20-8-6-5-7-9-20)37(32,33)23-16-19(11-10-17(23)2)26-27-24-18(3)28-30(25(24)31)21-12-14-22(15-13-21)38(34,35)36/h5-16,24H,4H2,1-3H3,(H,34,35,36). The van der Waals surface area contributed by atoms with E-state index in [0.717, 1.165) is 17.1 Å². The summed E-state index contributed by atoms with van der Waals surface area (Å²) >= 11 is 0. The maximum Gasteiger partial charge on any atom is 0.294 e. The number of benzene rings is 3. The van der Waals surface area contributed by atoms with Gasteiger partial charge in [0.15, 0.2) is 6.04 Å². The molecule has 0 aromatic heterocycles. The van der Waals surface area contributed by atoms with E-state index in [1.54, 1.807) is 57.2 Å². The molecule has 0 fully saturated rings. The number of hydrogen-bond acceptors (Lipinski definition) is 8. The number of anilines is 2. The van der Waals surface area contributed by atoms with E-state index in [0.29, 0.717) is 17.0 Å². The van der Waals surface area contributed by atoms with Gasteiger partial charge in [-0.15, -0.1) is 0 Å². The normalized spacial score (nSPS) is 16.2. The Morgan fingerprint density at radius 2 is 1.63 bits per heavy atom. The van der Waals surface area contributed by atoms with Gasteiger partial charge in [0.25, 0.3) is 26.0 Å². The summed E-state index contributed by atoms with van der Waals surface area (Å²) in [4.78, 5) is 12.7. The van der Waals surface area contributed by atoms with Crippen LogP contribution < -0.4 is 9.31 Å². The van der Waals surface area contributed by atoms with Crippen LogP contribution in [-0.2, 0) is 24.9 Å². The van der Waals surface area contributed by atoms with Gasteiger partial charge in [0.1, 0.15) is 0 Å². The summed E-state index contributed by atoms with van der Waals surface area (Å²) in [5, 5.41) is 13.5. The van der Waals surface area contributed by atoms with Gasteiger partial charge in [-0.2, -0.15) is 28.8 Å². The number of rotatable bonds is 8. The van der Waals surface area contributed by atoms with Crippen LogP contribution in [0.3, 0.4) is 0 Å². The smallest absolute Gasteiger partial charge is 0.282 e. The highest BCUT2D eigenvalue weighted by Gasteiger charge is 2.35. The van der Waals surface area contributed by atoms with Crippen molar-refractivity contribution in [3.05, 3.63) is 78.4 Å². The van der Waals surface area contributed by atoms with E-state index in [1.807, 2.05) is 6.07 Å². The number of azo groups is 1. The first-order chi connectivity index (χ1) is 17.9. The molecule has 38 heavy (non-hydrogen) atoms. The van der Waals surface area contributed by atoms with E-state index in [-0.39, 0.29) is 27.7 Å². The number of para-hydroxylation sites is 1. The fourth-order valence-electron chi connectivity index (χ4n) is 3.89. The largest absolute Gasteiger partial charge is 0.294 e. The number of nitrogens with zero attached hydrogens (tertiary/aromatic N) is 5. The molecule has 4 rings (SSSR count). The lowest BCUT2D eigenvalue weighted by atomic mass is 10.2. The number of carbonyl (C=O) groups is 1. The summed E-state index contributed by atoms with van der Waals surface area (Å²) in [6, 6.07) is 17.3. The summed E-state index contributed by atoms with van der Waals surface area (Å²) in [7, 11) is -8.28. The van der Waals surface area contributed by atoms with Gasteiger partial charge in [-0.25, -0.2) is 8.42 Å². The third kappa shape index (κ3) is 5.35. The third-order valence-corrected chi connectivity index (χ3v) is 8.75. The first-order valence-electron chi connectivity index (χ1n) is 11.5. The van der Waals surface area contributed by atoms with Crippen molar-refractivity contribution < 1.29 is 26.2 Å². The Kier molecular flexibility index (Phi) is 7.44. The number of amides is 1. The molecule has 13 heteroatoms. The fourth-order valence-corrected chi connectivity index (χ4v) is 6.09. The molecule has 0 saturated carbocycles. The first-order valence-corrected chi connectivity index (χ1v) is 14.4. The number of carbonyl (C=O) groups excluding carboxylic acids is 1. The molecule has 1 amide bonds. The first kappa shape index (κ1) is 27.1. The Morgan fingerprint density at radius 1 is 0.974 bits per heavy atom. The van der Waals surface area contributed by atoms with Crippen molar-refractivity contribution in [2.75, 3.05) is 15.9 Å². The van der Waals surface area contributed by atoms with Gasteiger partial charge in [-0.3, -0.25) is 13.7 Å². The van der Waals surface area contributed by atoms with Crippen LogP contribution in [0.1, 0.15) is 19.4 Å². The molecule has 1 aliphatic heterocycles. The molecule has 0 saturated heterocycles. The van der Waals surface area contributed by atoms with E-state index in [1.165, 1.54) is 22.5 Å². The summed E-state index contributed by atoms with van der Waals surface area (Å²) in [5.41, 5.74) is 1.94. The zero-order valence-electron chi connectivity index (χ0n) is 20.8. The molecule has 0 spiro atoms. The highest BCUT2D eigenvalue weighted by atomic mass is 32.2. The lowest BCUT2D eigenvalue weighted by Crippen LogP contribution is -2.31. The highest BCUT2D eigenvalue weighted by molar-refractivity contribution is 7.92. The zero-order chi connectivity index (χ0) is 27.7. The van der Waals surface area contributed by atoms with Crippen LogP contribution in [0.15, 0.2) is 97.9 Å². The van der Waals surface area contributed by atoms with Gasteiger partial charge in [-0.05, 0) is 74.9 Å². The van der Waals surface area contributed by atoms with Crippen molar-refractivity contribution in [3.63, 3.8) is 0 Å². The number of hydrogen-bond donors (Lipinski definition) is 1. The van der Waals surface area contributed by atoms with Gasteiger partial charge in [0.05, 0.1) is 32.6 Å². The number of hydrazone groups is 1. The van der Waals surface area contributed by atoms with Crippen molar-refractivity contribution in [1.29, 1.82) is 0 Å². The van der Waals surface area contributed by atoms with E-state index < -0.39 is 32.1 Å². The fraction of sp³-hybridized carbons (Fsp3) is 0.200. The second-order valence-corrected chi connectivity index (χ2v) is 11.7. The van der Waals surface area contributed by atoms with Crippen molar-refractivity contribution in [1.82, 2.24) is 0 Å². The molecule has 1 N–H and O–H groups in total. The van der Waals surface area contributed by atoms with Crippen LogP contribution in [0.5, 0.6) is 0 Å². The Morgan fingerprint density at radius 3 is 2.24 bits per heavy atom. The number of aryl methyl sites for hydroxylation is 1. The molecule has 198 valence electrons. The molecule has 3 aromatic rings. The topological polar surface area (TPSA) is 149 Å². The highest BCUT2D eigenvalue weighted by Crippen LogP contribution is 2.30. The molecule has 0 bridgehead atoms. The van der Waals surface area contributed by atoms with Gasteiger partial charge >= 0.3 is 0 Å². The van der Waals surface area contributed by atoms with Gasteiger partial charge in [0, 0.05) is 6.54 Å². The second-order valence-electron chi connectivity index (χ2n) is 8.43. The molecule has 11 nitrogen and oxygen atoms in total. The van der Waals surface area contributed by atoms with Crippen LogP contribution in [0.4, 0.5) is 17.1 Å². The van der Waals surface area contributed by atoms with Gasteiger partial charge < -0.3 is 0 Å². The number of sulfonamides is 1. The molecular formula is C25H25N5O6S2. The third-order valence-electron chi connectivity index (χ3n) is 5.84. The van der Waals surface area contributed by atoms with E-state index >= 15 is 0 Å². The predicted octanol–water partition coefficient (Wildman–Crippen LogP) is 4.33. The summed E-state index contributed by atoms with van der Waals surface area (Å²) in [6.45, 7) is 5.26. The minimum atomic E-state index is -4.38. The second kappa shape index (κ2) is 10.4. The van der Waals surface area contributed by atoms with Crippen LogP contribution in [0, 0.1) is 6.92 Å². The quantitative estimate of drug-likeness (QED) is 0.323. The maximum atomic E-state index is 13.5.